The summed E-state index contributed by atoms with van der Waals surface area (Å²) in [6, 6.07) is 11.2. The lowest BCUT2D eigenvalue weighted by atomic mass is 9.99. The normalized spacial score (nSPS) is 15.2. The summed E-state index contributed by atoms with van der Waals surface area (Å²) in [5, 5.41) is 2.85. The molecule has 0 saturated heterocycles. The number of unbranched alkanes of at least 4 members (excludes halogenated alkanes) is 9. The molecule has 1 unspecified atom stereocenters. The van der Waals surface area contributed by atoms with Crippen molar-refractivity contribution in [1.82, 2.24) is 4.98 Å². The van der Waals surface area contributed by atoms with Gasteiger partial charge in [0.05, 0.1) is 4.90 Å². The van der Waals surface area contributed by atoms with Crippen molar-refractivity contribution in [2.45, 2.75) is 94.8 Å². The van der Waals surface area contributed by atoms with Crippen LogP contribution in [0.25, 0.3) is 0 Å². The van der Waals surface area contributed by atoms with Crippen LogP contribution < -0.4 is 10.0 Å². The molecule has 7 heteroatoms. The van der Waals surface area contributed by atoms with Crippen molar-refractivity contribution in [2.75, 3.05) is 10.0 Å². The molecule has 6 nitrogen and oxygen atoms in total. The van der Waals surface area contributed by atoms with E-state index in [1.54, 1.807) is 30.3 Å². The van der Waals surface area contributed by atoms with E-state index in [0.717, 1.165) is 18.8 Å². The molecular weight excluding hydrogens is 470 g/mol. The number of carbonyl (C=O) groups is 1. The summed E-state index contributed by atoms with van der Waals surface area (Å²) < 4.78 is 27.4. The maximum Gasteiger partial charge on any atom is 0.263 e. The fraction of sp³-hybridized carbons (Fsp3) is 0.517. The molecule has 196 valence electrons. The molecule has 2 N–H and O–H groups in total. The second kappa shape index (κ2) is 15.4. The molecule has 1 atom stereocenters. The van der Waals surface area contributed by atoms with E-state index in [1.807, 2.05) is 0 Å². The molecule has 0 radical (unpaired) electrons. The van der Waals surface area contributed by atoms with Gasteiger partial charge >= 0.3 is 0 Å². The van der Waals surface area contributed by atoms with Crippen molar-refractivity contribution in [1.29, 1.82) is 0 Å². The molecule has 0 aliphatic heterocycles. The zero-order chi connectivity index (χ0) is 25.5. The molecule has 0 saturated carbocycles. The Labute approximate surface area is 217 Å². The van der Waals surface area contributed by atoms with Crippen molar-refractivity contribution in [3.05, 3.63) is 60.8 Å². The first-order valence-electron chi connectivity index (χ1n) is 13.5. The lowest BCUT2D eigenvalue weighted by molar-refractivity contribution is -0.116. The summed E-state index contributed by atoms with van der Waals surface area (Å²) in [7, 11) is -3.72. The van der Waals surface area contributed by atoms with Gasteiger partial charge in [-0.2, -0.15) is 0 Å². The van der Waals surface area contributed by atoms with E-state index in [4.69, 9.17) is 0 Å². The van der Waals surface area contributed by atoms with E-state index in [2.05, 4.69) is 27.2 Å². The average Bonchev–Trinajstić information content (AvgIpc) is 3.39. The van der Waals surface area contributed by atoms with Crippen LogP contribution in [0.1, 0.15) is 89.9 Å². The third-order valence-corrected chi connectivity index (χ3v) is 8.06. The molecular formula is C29H41N3O3S. The number of nitrogens with one attached hydrogen (secondary N) is 2. The van der Waals surface area contributed by atoms with Crippen molar-refractivity contribution in [3.8, 4) is 0 Å². The molecule has 0 bridgehead atoms. The molecule has 36 heavy (non-hydrogen) atoms. The van der Waals surface area contributed by atoms with Crippen LogP contribution in [-0.4, -0.2) is 19.3 Å². The van der Waals surface area contributed by atoms with Crippen LogP contribution in [0, 0.1) is 5.92 Å². The number of aromatic nitrogens is 1. The van der Waals surface area contributed by atoms with E-state index in [9.17, 15) is 13.2 Å². The highest BCUT2D eigenvalue weighted by Gasteiger charge is 2.15. The second-order valence-corrected chi connectivity index (χ2v) is 11.4. The van der Waals surface area contributed by atoms with Gasteiger partial charge in [0.25, 0.3) is 10.0 Å². The van der Waals surface area contributed by atoms with Crippen LogP contribution >= 0.6 is 0 Å². The summed E-state index contributed by atoms with van der Waals surface area (Å²) >= 11 is 0. The number of allylic oxidation sites excluding steroid dienone is 2. The summed E-state index contributed by atoms with van der Waals surface area (Å²) in [5.41, 5.74) is 0.594. The smallest absolute Gasteiger partial charge is 0.263 e. The van der Waals surface area contributed by atoms with Gasteiger partial charge in [0.15, 0.2) is 0 Å². The maximum absolute atomic E-state index is 12.5. The fourth-order valence-electron chi connectivity index (χ4n) is 4.60. The second-order valence-electron chi connectivity index (χ2n) is 9.73. The number of amides is 1. The third-order valence-electron chi connectivity index (χ3n) is 6.69. The maximum atomic E-state index is 12.5. The van der Waals surface area contributed by atoms with Gasteiger partial charge < -0.3 is 5.32 Å². The van der Waals surface area contributed by atoms with Gasteiger partial charge in [-0.15, -0.1) is 0 Å². The predicted octanol–water partition coefficient (Wildman–Crippen LogP) is 7.47. The number of sulfonamides is 1. The molecule has 2 aromatic rings. The minimum atomic E-state index is -3.72. The number of hydrogen-bond donors (Lipinski definition) is 2. The summed E-state index contributed by atoms with van der Waals surface area (Å²) in [6.07, 6.45) is 23.2. The van der Waals surface area contributed by atoms with Gasteiger partial charge in [-0.05, 0) is 68.0 Å². The average molecular weight is 512 g/mol. The molecule has 1 heterocycles. The number of nitrogens with zero attached hydrogens (tertiary/aromatic N) is 1. The van der Waals surface area contributed by atoms with Crippen molar-refractivity contribution in [3.63, 3.8) is 0 Å². The quantitative estimate of drug-likeness (QED) is 0.170. The summed E-state index contributed by atoms with van der Waals surface area (Å²) in [5.74, 6) is 1.08. The molecule has 1 aliphatic carbocycles. The Morgan fingerprint density at radius 3 is 2.14 bits per heavy atom. The molecule has 3 rings (SSSR count). The summed E-state index contributed by atoms with van der Waals surface area (Å²) in [4.78, 5) is 16.3. The molecule has 0 fully saturated rings. The van der Waals surface area contributed by atoms with Crippen molar-refractivity contribution < 1.29 is 13.2 Å². The van der Waals surface area contributed by atoms with Gasteiger partial charge in [-0.25, -0.2) is 13.4 Å². The largest absolute Gasteiger partial charge is 0.326 e. The minimum Gasteiger partial charge on any atom is -0.326 e. The Bertz CT molecular complexity index is 1040. The number of carbonyl (C=O) groups excluding carboxylic acids is 1. The Balaban J connectivity index is 1.19. The van der Waals surface area contributed by atoms with E-state index in [0.29, 0.717) is 12.1 Å². The van der Waals surface area contributed by atoms with Gasteiger partial charge in [0.1, 0.15) is 5.82 Å². The predicted molar refractivity (Wildman–Crippen MR) is 147 cm³/mol. The summed E-state index contributed by atoms with van der Waals surface area (Å²) in [6.45, 7) is 0. The Morgan fingerprint density at radius 2 is 1.53 bits per heavy atom. The lowest BCUT2D eigenvalue weighted by Crippen LogP contribution is -2.14. The number of hydrogen-bond acceptors (Lipinski definition) is 4. The molecule has 0 spiro atoms. The Morgan fingerprint density at radius 1 is 0.861 bits per heavy atom. The fourth-order valence-corrected chi connectivity index (χ4v) is 5.61. The highest BCUT2D eigenvalue weighted by molar-refractivity contribution is 7.92. The number of rotatable bonds is 17. The van der Waals surface area contributed by atoms with Crippen LogP contribution in [0.15, 0.2) is 65.7 Å². The Kier molecular flexibility index (Phi) is 12.0. The molecule has 1 amide bonds. The first-order valence-corrected chi connectivity index (χ1v) is 15.0. The van der Waals surface area contributed by atoms with Gasteiger partial charge in [0.2, 0.25) is 5.91 Å². The van der Waals surface area contributed by atoms with Crippen LogP contribution in [0.2, 0.25) is 0 Å². The zero-order valence-corrected chi connectivity index (χ0v) is 22.1. The van der Waals surface area contributed by atoms with Crippen LogP contribution in [-0.2, 0) is 14.8 Å². The monoisotopic (exact) mass is 511 g/mol. The lowest BCUT2D eigenvalue weighted by Gasteiger charge is -2.09. The van der Waals surface area contributed by atoms with Crippen molar-refractivity contribution >= 4 is 27.4 Å². The first-order chi connectivity index (χ1) is 17.5. The zero-order valence-electron chi connectivity index (χ0n) is 21.3. The number of benzene rings is 1. The van der Waals surface area contributed by atoms with Crippen molar-refractivity contribution in [2.24, 2.45) is 5.92 Å². The van der Waals surface area contributed by atoms with Gasteiger partial charge in [-0.1, -0.05) is 76.0 Å². The van der Waals surface area contributed by atoms with E-state index < -0.39 is 10.0 Å². The SMILES string of the molecule is O=C(CCCCCCCCCCCCC1C=CCC1)Nc1ccc(S(=O)(=O)Nc2ccccn2)cc1. The van der Waals surface area contributed by atoms with Gasteiger partial charge in [0, 0.05) is 18.3 Å². The van der Waals surface area contributed by atoms with E-state index >= 15 is 0 Å². The highest BCUT2D eigenvalue weighted by Crippen LogP contribution is 2.23. The minimum absolute atomic E-state index is 0.0367. The number of anilines is 2. The molecule has 1 aromatic heterocycles. The molecule has 1 aromatic carbocycles. The van der Waals surface area contributed by atoms with Crippen LogP contribution in [0.3, 0.4) is 0 Å². The Hall–Kier alpha value is -2.67. The highest BCUT2D eigenvalue weighted by atomic mass is 32.2. The third kappa shape index (κ3) is 10.5. The van der Waals surface area contributed by atoms with Gasteiger partial charge in [-0.3, -0.25) is 9.52 Å². The number of pyridine rings is 1. The standard InChI is InChI=1S/C29H41N3O3S/c33-29(19-10-8-6-4-2-1-3-5-7-9-15-25-16-11-12-17-25)31-26-20-22-27(23-21-26)36(34,35)32-28-18-13-14-24-30-28/h11,13-14,16,18,20-25H,1-10,12,15,17,19H2,(H,30,32)(H,31,33). The van der Waals surface area contributed by atoms with Crippen LogP contribution in [0.4, 0.5) is 11.5 Å². The van der Waals surface area contributed by atoms with E-state index in [-0.39, 0.29) is 16.6 Å². The van der Waals surface area contributed by atoms with Crippen LogP contribution in [0.5, 0.6) is 0 Å². The topological polar surface area (TPSA) is 88.2 Å². The first kappa shape index (κ1) is 27.9. The van der Waals surface area contributed by atoms with E-state index in [1.165, 1.54) is 89.0 Å². The molecule has 1 aliphatic rings.